The maximum atomic E-state index is 11.1. The molecular weight excluding hydrogens is 168 g/mol. The molecule has 13 heavy (non-hydrogen) atoms. The molecule has 0 unspecified atom stereocenters. The summed E-state index contributed by atoms with van der Waals surface area (Å²) in [6.07, 6.45) is 2.98. The molecule has 1 rings (SSSR count). The molecule has 1 fully saturated rings. The molecule has 0 N–H and O–H groups in total. The SMILES string of the molecule is CCC1(/C=C(\C)C(=O)OC)COC1. The molecule has 0 saturated carbocycles. The molecule has 3 nitrogen and oxygen atoms in total. The normalized spacial score (nSPS) is 20.7. The van der Waals surface area contributed by atoms with Crippen LogP contribution < -0.4 is 0 Å². The maximum absolute atomic E-state index is 11.1. The monoisotopic (exact) mass is 184 g/mol. The van der Waals surface area contributed by atoms with E-state index >= 15 is 0 Å². The van der Waals surface area contributed by atoms with E-state index in [1.807, 2.05) is 6.08 Å². The van der Waals surface area contributed by atoms with Gasteiger partial charge in [-0.3, -0.25) is 0 Å². The summed E-state index contributed by atoms with van der Waals surface area (Å²) in [5.74, 6) is -0.250. The molecular formula is C10H16O3. The van der Waals surface area contributed by atoms with E-state index < -0.39 is 0 Å². The first-order chi connectivity index (χ1) is 6.13. The van der Waals surface area contributed by atoms with Crippen LogP contribution in [-0.4, -0.2) is 26.3 Å². The van der Waals surface area contributed by atoms with Gasteiger partial charge in [-0.1, -0.05) is 13.0 Å². The van der Waals surface area contributed by atoms with Crippen molar-refractivity contribution in [2.75, 3.05) is 20.3 Å². The molecule has 0 aromatic rings. The topological polar surface area (TPSA) is 35.5 Å². The van der Waals surface area contributed by atoms with Crippen LogP contribution in [0.2, 0.25) is 0 Å². The number of carbonyl (C=O) groups excluding carboxylic acids is 1. The second-order valence-electron chi connectivity index (χ2n) is 3.53. The minimum Gasteiger partial charge on any atom is -0.466 e. The van der Waals surface area contributed by atoms with Gasteiger partial charge < -0.3 is 9.47 Å². The van der Waals surface area contributed by atoms with Crippen LogP contribution >= 0.6 is 0 Å². The molecule has 74 valence electrons. The van der Waals surface area contributed by atoms with E-state index in [2.05, 4.69) is 11.7 Å². The first-order valence-electron chi connectivity index (χ1n) is 4.49. The number of hydrogen-bond donors (Lipinski definition) is 0. The molecule has 1 aliphatic heterocycles. The van der Waals surface area contributed by atoms with Crippen LogP contribution in [0, 0.1) is 5.41 Å². The van der Waals surface area contributed by atoms with Gasteiger partial charge in [0.2, 0.25) is 0 Å². The Morgan fingerprint density at radius 1 is 1.62 bits per heavy atom. The van der Waals surface area contributed by atoms with Gasteiger partial charge in [0, 0.05) is 11.0 Å². The highest BCUT2D eigenvalue weighted by Crippen LogP contribution is 2.33. The average Bonchev–Trinajstić information content (AvgIpc) is 2.09. The Morgan fingerprint density at radius 3 is 2.54 bits per heavy atom. The van der Waals surface area contributed by atoms with Crippen molar-refractivity contribution in [1.29, 1.82) is 0 Å². The predicted octanol–water partition coefficient (Wildman–Crippen LogP) is 1.53. The summed E-state index contributed by atoms with van der Waals surface area (Å²) in [7, 11) is 1.40. The van der Waals surface area contributed by atoms with Crippen LogP contribution in [-0.2, 0) is 14.3 Å². The largest absolute Gasteiger partial charge is 0.466 e. The highest BCUT2D eigenvalue weighted by molar-refractivity contribution is 5.87. The van der Waals surface area contributed by atoms with Crippen LogP contribution in [0.4, 0.5) is 0 Å². The third-order valence-electron chi connectivity index (χ3n) is 2.51. The lowest BCUT2D eigenvalue weighted by molar-refractivity contribution is -0.136. The predicted molar refractivity (Wildman–Crippen MR) is 49.3 cm³/mol. The Bertz CT molecular complexity index is 221. The number of ether oxygens (including phenoxy) is 2. The molecule has 1 saturated heterocycles. The second-order valence-corrected chi connectivity index (χ2v) is 3.53. The number of rotatable bonds is 3. The molecule has 0 spiro atoms. The zero-order valence-electron chi connectivity index (χ0n) is 8.42. The van der Waals surface area contributed by atoms with E-state index in [1.165, 1.54) is 7.11 Å². The van der Waals surface area contributed by atoms with Crippen molar-refractivity contribution in [2.45, 2.75) is 20.3 Å². The number of carbonyl (C=O) groups is 1. The lowest BCUT2D eigenvalue weighted by Crippen LogP contribution is -2.40. The fourth-order valence-corrected chi connectivity index (χ4v) is 1.43. The molecule has 3 heteroatoms. The van der Waals surface area contributed by atoms with Gasteiger partial charge in [0.25, 0.3) is 0 Å². The lowest BCUT2D eigenvalue weighted by Gasteiger charge is -2.38. The first-order valence-corrected chi connectivity index (χ1v) is 4.49. The minimum absolute atomic E-state index is 0.0816. The van der Waals surface area contributed by atoms with Gasteiger partial charge in [-0.2, -0.15) is 0 Å². The highest BCUT2D eigenvalue weighted by Gasteiger charge is 2.35. The fraction of sp³-hybridized carbons (Fsp3) is 0.700. The van der Waals surface area contributed by atoms with Gasteiger partial charge in [0.1, 0.15) is 0 Å². The zero-order valence-corrected chi connectivity index (χ0v) is 8.42. The van der Waals surface area contributed by atoms with E-state index in [-0.39, 0.29) is 11.4 Å². The third-order valence-corrected chi connectivity index (χ3v) is 2.51. The van der Waals surface area contributed by atoms with E-state index in [9.17, 15) is 4.79 Å². The highest BCUT2D eigenvalue weighted by atomic mass is 16.5. The summed E-state index contributed by atoms with van der Waals surface area (Å²) in [6, 6.07) is 0. The quantitative estimate of drug-likeness (QED) is 0.493. The summed E-state index contributed by atoms with van der Waals surface area (Å²) in [4.78, 5) is 11.1. The van der Waals surface area contributed by atoms with Crippen molar-refractivity contribution < 1.29 is 14.3 Å². The lowest BCUT2D eigenvalue weighted by atomic mass is 9.81. The van der Waals surface area contributed by atoms with Gasteiger partial charge >= 0.3 is 5.97 Å². The summed E-state index contributed by atoms with van der Waals surface area (Å²) < 4.78 is 9.77. The summed E-state index contributed by atoms with van der Waals surface area (Å²) >= 11 is 0. The standard InChI is InChI=1S/C10H16O3/c1-4-10(6-13-7-10)5-8(2)9(11)12-3/h5H,4,6-7H2,1-3H3/b8-5+. The molecule has 0 aliphatic carbocycles. The van der Waals surface area contributed by atoms with Crippen molar-refractivity contribution in [1.82, 2.24) is 0 Å². The smallest absolute Gasteiger partial charge is 0.333 e. The van der Waals surface area contributed by atoms with Gasteiger partial charge in [0.15, 0.2) is 0 Å². The van der Waals surface area contributed by atoms with Crippen LogP contribution in [0.1, 0.15) is 20.3 Å². The van der Waals surface area contributed by atoms with E-state index in [0.717, 1.165) is 19.6 Å². The summed E-state index contributed by atoms with van der Waals surface area (Å²) in [6.45, 7) is 5.32. The van der Waals surface area contributed by atoms with E-state index in [4.69, 9.17) is 4.74 Å². The van der Waals surface area contributed by atoms with Crippen LogP contribution in [0.15, 0.2) is 11.6 Å². The molecule has 1 aliphatic rings. The molecule has 0 atom stereocenters. The first kappa shape index (κ1) is 10.3. The summed E-state index contributed by atoms with van der Waals surface area (Å²) in [5.41, 5.74) is 0.755. The van der Waals surface area contributed by atoms with Crippen LogP contribution in [0.5, 0.6) is 0 Å². The van der Waals surface area contributed by atoms with Gasteiger partial charge in [-0.05, 0) is 13.3 Å². The number of methoxy groups -OCH3 is 1. The number of hydrogen-bond acceptors (Lipinski definition) is 3. The molecule has 0 radical (unpaired) electrons. The van der Waals surface area contributed by atoms with Crippen molar-refractivity contribution in [3.8, 4) is 0 Å². The van der Waals surface area contributed by atoms with Crippen molar-refractivity contribution in [2.24, 2.45) is 5.41 Å². The Labute approximate surface area is 78.7 Å². The Balaban J connectivity index is 2.67. The Hall–Kier alpha value is -0.830. The molecule has 1 heterocycles. The van der Waals surface area contributed by atoms with Gasteiger partial charge in [-0.15, -0.1) is 0 Å². The van der Waals surface area contributed by atoms with E-state index in [1.54, 1.807) is 6.92 Å². The maximum Gasteiger partial charge on any atom is 0.333 e. The zero-order chi connectivity index (χ0) is 9.90. The fourth-order valence-electron chi connectivity index (χ4n) is 1.43. The number of esters is 1. The minimum atomic E-state index is -0.250. The van der Waals surface area contributed by atoms with Crippen molar-refractivity contribution in [3.05, 3.63) is 11.6 Å². The molecule has 0 aromatic carbocycles. The Kier molecular flexibility index (Phi) is 3.09. The summed E-state index contributed by atoms with van der Waals surface area (Å²) in [5, 5.41) is 0. The van der Waals surface area contributed by atoms with Gasteiger partial charge in [-0.25, -0.2) is 4.79 Å². The molecule has 0 amide bonds. The van der Waals surface area contributed by atoms with Gasteiger partial charge in [0.05, 0.1) is 20.3 Å². The average molecular weight is 184 g/mol. The van der Waals surface area contributed by atoms with Crippen molar-refractivity contribution >= 4 is 5.97 Å². The third kappa shape index (κ3) is 2.10. The Morgan fingerprint density at radius 2 is 2.23 bits per heavy atom. The van der Waals surface area contributed by atoms with Crippen molar-refractivity contribution in [3.63, 3.8) is 0 Å². The van der Waals surface area contributed by atoms with E-state index in [0.29, 0.717) is 5.57 Å². The molecule has 0 aromatic heterocycles. The molecule has 0 bridgehead atoms. The second kappa shape index (κ2) is 3.92. The van der Waals surface area contributed by atoms with Crippen LogP contribution in [0.25, 0.3) is 0 Å². The van der Waals surface area contributed by atoms with Crippen LogP contribution in [0.3, 0.4) is 0 Å².